The van der Waals surface area contributed by atoms with Crippen molar-refractivity contribution in [3.8, 4) is 5.75 Å². The van der Waals surface area contributed by atoms with E-state index >= 15 is 0 Å². The van der Waals surface area contributed by atoms with Crippen LogP contribution < -0.4 is 4.74 Å². The van der Waals surface area contributed by atoms with E-state index < -0.39 is 46.6 Å². The first-order chi connectivity index (χ1) is 21.4. The van der Waals surface area contributed by atoms with Crippen molar-refractivity contribution >= 4 is 17.8 Å². The number of aliphatic hydroxyl groups is 1. The first-order valence-electron chi connectivity index (χ1n) is 15.6. The van der Waals surface area contributed by atoms with Crippen LogP contribution in [0.2, 0.25) is 0 Å². The van der Waals surface area contributed by atoms with E-state index in [2.05, 4.69) is 4.98 Å². The lowest BCUT2D eigenvalue weighted by atomic mass is 9.72. The van der Waals surface area contributed by atoms with E-state index in [0.717, 1.165) is 24.0 Å². The molecule has 2 amide bonds. The van der Waals surface area contributed by atoms with Crippen LogP contribution in [0, 0.1) is 5.92 Å². The highest BCUT2D eigenvalue weighted by Gasteiger charge is 2.43. The average Bonchev–Trinajstić information content (AvgIpc) is 3.03. The minimum atomic E-state index is -4.73. The first kappa shape index (κ1) is 35.8. The molecule has 1 aromatic heterocycles. The molecular weight excluding hydrogens is 591 g/mol. The highest BCUT2D eigenvalue weighted by molar-refractivity contribution is 5.96. The van der Waals surface area contributed by atoms with Crippen LogP contribution in [0.1, 0.15) is 87.2 Å². The number of halogens is 3. The molecule has 1 aliphatic rings. The van der Waals surface area contributed by atoms with Crippen molar-refractivity contribution in [2.45, 2.75) is 83.4 Å². The number of aromatic nitrogens is 1. The molecule has 0 bridgehead atoms. The van der Waals surface area contributed by atoms with Crippen molar-refractivity contribution in [2.75, 3.05) is 32.8 Å². The summed E-state index contributed by atoms with van der Waals surface area (Å²) in [5, 5.41) is 19.5. The minimum Gasteiger partial charge on any atom is -0.493 e. The van der Waals surface area contributed by atoms with E-state index in [1.165, 1.54) is 4.90 Å². The Hall–Kier alpha value is -3.67. The number of hydrogen-bond donors (Lipinski definition) is 2. The number of amides is 2. The number of para-hydroxylation sites is 1. The normalized spacial score (nSPS) is 16.1. The third-order valence-electron chi connectivity index (χ3n) is 8.75. The fourth-order valence-electron chi connectivity index (χ4n) is 6.32. The molecule has 0 saturated carbocycles. The molecule has 45 heavy (non-hydrogen) atoms. The molecule has 2 atom stereocenters. The Morgan fingerprint density at radius 1 is 1.11 bits per heavy atom. The smallest absolute Gasteiger partial charge is 0.417 e. The Morgan fingerprint density at radius 3 is 2.38 bits per heavy atom. The number of piperidine rings is 1. The van der Waals surface area contributed by atoms with Gasteiger partial charge in [-0.2, -0.15) is 13.2 Å². The Labute approximate surface area is 262 Å². The second-order valence-corrected chi connectivity index (χ2v) is 11.5. The van der Waals surface area contributed by atoms with Gasteiger partial charge in [-0.15, -0.1) is 0 Å². The topological polar surface area (TPSA) is 120 Å². The maximum absolute atomic E-state index is 14.0. The first-order valence-corrected chi connectivity index (χ1v) is 15.6. The van der Waals surface area contributed by atoms with Crippen LogP contribution in [0.4, 0.5) is 13.2 Å². The summed E-state index contributed by atoms with van der Waals surface area (Å²) in [4.78, 5) is 45.4. The molecule has 1 fully saturated rings. The molecule has 1 saturated heterocycles. The van der Waals surface area contributed by atoms with Crippen LogP contribution in [0.25, 0.3) is 0 Å². The van der Waals surface area contributed by atoms with Crippen molar-refractivity contribution in [2.24, 2.45) is 5.92 Å². The molecule has 9 nitrogen and oxygen atoms in total. The highest BCUT2D eigenvalue weighted by Crippen LogP contribution is 2.41. The summed E-state index contributed by atoms with van der Waals surface area (Å²) in [6, 6.07) is 7.50. The number of aliphatic hydroxyl groups excluding tert-OH is 1. The van der Waals surface area contributed by atoms with Gasteiger partial charge in [0.1, 0.15) is 5.75 Å². The Bertz CT molecular complexity index is 1300. The summed E-state index contributed by atoms with van der Waals surface area (Å²) in [5.41, 5.74) is -1.47. The molecule has 248 valence electrons. The number of aliphatic carboxylic acids is 1. The molecule has 0 radical (unpaired) electrons. The van der Waals surface area contributed by atoms with Gasteiger partial charge in [-0.3, -0.25) is 19.4 Å². The minimum absolute atomic E-state index is 0.0191. The lowest BCUT2D eigenvalue weighted by Gasteiger charge is -2.44. The van der Waals surface area contributed by atoms with Gasteiger partial charge in [-0.1, -0.05) is 38.5 Å². The average molecular weight is 636 g/mol. The fourth-order valence-corrected chi connectivity index (χ4v) is 6.32. The molecule has 2 N–H and O–H groups in total. The molecular formula is C33H44F3N3O6. The van der Waals surface area contributed by atoms with Crippen LogP contribution in [0.15, 0.2) is 42.7 Å². The summed E-state index contributed by atoms with van der Waals surface area (Å²) in [6.07, 6.45) is -0.136. The van der Waals surface area contributed by atoms with Crippen molar-refractivity contribution in [3.05, 3.63) is 59.4 Å². The number of carbonyl (C=O) groups excluding carboxylic acids is 2. The van der Waals surface area contributed by atoms with Crippen molar-refractivity contribution < 1.29 is 42.5 Å². The SMILES string of the molecule is CCCC(C(CC)C(=O)N1CCC(CO)(c2ccccc2OCCCC(=O)O)CC1)N(CC)C(=O)c1cnccc1C(F)(F)F. The molecule has 2 heterocycles. The summed E-state index contributed by atoms with van der Waals surface area (Å²) in [7, 11) is 0. The predicted octanol–water partition coefficient (Wildman–Crippen LogP) is 5.55. The van der Waals surface area contributed by atoms with E-state index in [0.29, 0.717) is 57.4 Å². The number of hydrogen-bond acceptors (Lipinski definition) is 6. The number of carboxylic acids is 1. The van der Waals surface area contributed by atoms with Gasteiger partial charge >= 0.3 is 12.1 Å². The molecule has 3 rings (SSSR count). The molecule has 1 aliphatic heterocycles. The van der Waals surface area contributed by atoms with Crippen LogP contribution in [-0.4, -0.2) is 81.7 Å². The van der Waals surface area contributed by atoms with Gasteiger partial charge in [-0.05, 0) is 51.2 Å². The maximum Gasteiger partial charge on any atom is 0.417 e. The van der Waals surface area contributed by atoms with E-state index in [1.807, 2.05) is 32.0 Å². The Balaban J connectivity index is 1.81. The molecule has 0 spiro atoms. The number of carbonyl (C=O) groups is 3. The molecule has 12 heteroatoms. The summed E-state index contributed by atoms with van der Waals surface area (Å²) in [6.45, 7) is 6.27. The van der Waals surface area contributed by atoms with Crippen LogP contribution >= 0.6 is 0 Å². The number of likely N-dealkylation sites (tertiary alicyclic amines) is 1. The van der Waals surface area contributed by atoms with Gasteiger partial charge in [0, 0.05) is 55.5 Å². The van der Waals surface area contributed by atoms with Crippen molar-refractivity contribution in [3.63, 3.8) is 0 Å². The van der Waals surface area contributed by atoms with Gasteiger partial charge in [0.15, 0.2) is 0 Å². The Kier molecular flexibility index (Phi) is 12.8. The predicted molar refractivity (Wildman–Crippen MR) is 162 cm³/mol. The third kappa shape index (κ3) is 8.53. The summed E-state index contributed by atoms with van der Waals surface area (Å²) >= 11 is 0. The van der Waals surface area contributed by atoms with Gasteiger partial charge < -0.3 is 24.7 Å². The standard InChI is InChI=1S/C33H44F3N3O6/c1-4-10-27(39(6-3)31(44)24-21-37-17-14-25(24)33(34,35)36)23(5-2)30(43)38-18-15-32(22-40,16-19-38)26-11-7-8-12-28(26)45-20-9-13-29(41)42/h7-8,11-12,14,17,21,23,27,40H,4-6,9-10,13,15-16,18-20,22H2,1-3H3,(H,41,42). The lowest BCUT2D eigenvalue weighted by molar-refractivity contribution is -0.140. The maximum atomic E-state index is 14.0. The number of benzene rings is 1. The zero-order chi connectivity index (χ0) is 33.2. The lowest BCUT2D eigenvalue weighted by Crippen LogP contribution is -2.53. The zero-order valence-corrected chi connectivity index (χ0v) is 26.2. The second kappa shape index (κ2) is 16.1. The van der Waals surface area contributed by atoms with Gasteiger partial charge in [-0.25, -0.2) is 0 Å². The third-order valence-corrected chi connectivity index (χ3v) is 8.75. The van der Waals surface area contributed by atoms with E-state index in [9.17, 15) is 32.7 Å². The summed E-state index contributed by atoms with van der Waals surface area (Å²) < 4.78 is 47.2. The Morgan fingerprint density at radius 2 is 1.80 bits per heavy atom. The number of rotatable bonds is 15. The van der Waals surface area contributed by atoms with Crippen molar-refractivity contribution in [1.82, 2.24) is 14.8 Å². The quantitative estimate of drug-likeness (QED) is 0.246. The second-order valence-electron chi connectivity index (χ2n) is 11.5. The van der Waals surface area contributed by atoms with E-state index in [1.54, 1.807) is 17.9 Å². The van der Waals surface area contributed by atoms with Gasteiger partial charge in [0.2, 0.25) is 5.91 Å². The monoisotopic (exact) mass is 635 g/mol. The van der Waals surface area contributed by atoms with E-state index in [4.69, 9.17) is 9.84 Å². The molecule has 1 aromatic carbocycles. The van der Waals surface area contributed by atoms with E-state index in [-0.39, 0.29) is 32.1 Å². The van der Waals surface area contributed by atoms with Gasteiger partial charge in [0.25, 0.3) is 5.91 Å². The highest BCUT2D eigenvalue weighted by atomic mass is 19.4. The van der Waals surface area contributed by atoms with Gasteiger partial charge in [0.05, 0.1) is 30.3 Å². The molecule has 0 aliphatic carbocycles. The molecule has 2 aromatic rings. The number of ether oxygens (including phenoxy) is 1. The largest absolute Gasteiger partial charge is 0.493 e. The summed E-state index contributed by atoms with van der Waals surface area (Å²) in [5.74, 6) is -1.95. The number of pyridine rings is 1. The zero-order valence-electron chi connectivity index (χ0n) is 26.2. The number of alkyl halides is 3. The van der Waals surface area contributed by atoms with Crippen LogP contribution in [0.3, 0.4) is 0 Å². The molecule has 2 unspecified atom stereocenters. The van der Waals surface area contributed by atoms with Crippen LogP contribution in [0.5, 0.6) is 5.75 Å². The number of nitrogens with zero attached hydrogens (tertiary/aromatic N) is 3. The fraction of sp³-hybridized carbons (Fsp3) is 0.576. The number of carboxylic acid groups (broad SMARTS) is 1. The van der Waals surface area contributed by atoms with Crippen molar-refractivity contribution in [1.29, 1.82) is 0 Å². The van der Waals surface area contributed by atoms with Crippen LogP contribution in [-0.2, 0) is 21.2 Å².